The molecule has 2 unspecified atom stereocenters. The second-order valence-electron chi connectivity index (χ2n) is 4.21. The molecule has 2 amide bonds. The van der Waals surface area contributed by atoms with Gasteiger partial charge >= 0.3 is 0 Å². The first-order chi connectivity index (χ1) is 8.40. The summed E-state index contributed by atoms with van der Waals surface area (Å²) in [5.74, 6) is -0.915. The molecule has 0 aliphatic heterocycles. The number of carbonyl (C=O) groups excluding carboxylic acids is 2. The van der Waals surface area contributed by atoms with Crippen molar-refractivity contribution < 1.29 is 14.0 Å². The van der Waals surface area contributed by atoms with Gasteiger partial charge in [0.15, 0.2) is 0 Å². The van der Waals surface area contributed by atoms with Gasteiger partial charge in [0.2, 0.25) is 11.8 Å². The predicted octanol–water partition coefficient (Wildman–Crippen LogP) is 1.53. The molecule has 1 aromatic rings. The van der Waals surface area contributed by atoms with E-state index in [-0.39, 0.29) is 23.7 Å². The molecule has 5 heteroatoms. The Morgan fingerprint density at radius 1 is 1.22 bits per heavy atom. The van der Waals surface area contributed by atoms with Crippen molar-refractivity contribution in [3.8, 4) is 0 Å². The third-order valence-electron chi connectivity index (χ3n) is 2.52. The van der Waals surface area contributed by atoms with Crippen molar-refractivity contribution in [3.63, 3.8) is 0 Å². The zero-order valence-corrected chi connectivity index (χ0v) is 10.7. The van der Waals surface area contributed by atoms with E-state index in [1.54, 1.807) is 26.0 Å². The van der Waals surface area contributed by atoms with Crippen LogP contribution >= 0.6 is 0 Å². The molecule has 0 saturated heterocycles. The maximum atomic E-state index is 13.0. The van der Waals surface area contributed by atoms with E-state index in [9.17, 15) is 14.0 Å². The van der Waals surface area contributed by atoms with Crippen LogP contribution < -0.4 is 10.6 Å². The number of halogens is 1. The first-order valence-electron chi connectivity index (χ1n) is 5.73. The van der Waals surface area contributed by atoms with Gasteiger partial charge in [0, 0.05) is 6.92 Å². The molecule has 0 saturated carbocycles. The maximum absolute atomic E-state index is 13.0. The molecule has 0 fully saturated rings. The quantitative estimate of drug-likeness (QED) is 0.853. The van der Waals surface area contributed by atoms with E-state index in [4.69, 9.17) is 0 Å². The minimum Gasteiger partial charge on any atom is -0.348 e. The summed E-state index contributed by atoms with van der Waals surface area (Å²) in [6.07, 6.45) is 0. The summed E-state index contributed by atoms with van der Waals surface area (Å²) in [5, 5.41) is 5.19. The summed E-state index contributed by atoms with van der Waals surface area (Å²) in [7, 11) is 0. The first-order valence-corrected chi connectivity index (χ1v) is 5.73. The maximum Gasteiger partial charge on any atom is 0.242 e. The molecule has 1 aromatic carbocycles. The standard InChI is InChI=1S/C13H17FN2O2/c1-8(11-5-4-6-12(14)7-11)16-13(18)9(2)15-10(3)17/h4-9H,1-3H3,(H,15,17)(H,16,18). The van der Waals surface area contributed by atoms with E-state index in [0.29, 0.717) is 5.56 Å². The molecule has 0 heterocycles. The van der Waals surface area contributed by atoms with Gasteiger partial charge in [-0.3, -0.25) is 9.59 Å². The number of nitrogens with one attached hydrogen (secondary N) is 2. The van der Waals surface area contributed by atoms with Crippen molar-refractivity contribution >= 4 is 11.8 Å². The third kappa shape index (κ3) is 4.16. The van der Waals surface area contributed by atoms with Crippen LogP contribution in [-0.4, -0.2) is 17.9 Å². The van der Waals surface area contributed by atoms with Gasteiger partial charge in [0.05, 0.1) is 6.04 Å². The molecular weight excluding hydrogens is 235 g/mol. The summed E-state index contributed by atoms with van der Waals surface area (Å²) in [6, 6.07) is 5.11. The van der Waals surface area contributed by atoms with Crippen LogP contribution in [-0.2, 0) is 9.59 Å². The van der Waals surface area contributed by atoms with Crippen molar-refractivity contribution in [2.24, 2.45) is 0 Å². The molecule has 0 aromatic heterocycles. The van der Waals surface area contributed by atoms with Gasteiger partial charge in [-0.15, -0.1) is 0 Å². The zero-order chi connectivity index (χ0) is 13.7. The fourth-order valence-corrected chi connectivity index (χ4v) is 1.57. The Labute approximate surface area is 106 Å². The number of hydrogen-bond donors (Lipinski definition) is 2. The second-order valence-corrected chi connectivity index (χ2v) is 4.21. The lowest BCUT2D eigenvalue weighted by atomic mass is 10.1. The highest BCUT2D eigenvalue weighted by Gasteiger charge is 2.16. The highest BCUT2D eigenvalue weighted by Crippen LogP contribution is 2.13. The molecule has 2 atom stereocenters. The Morgan fingerprint density at radius 2 is 1.89 bits per heavy atom. The number of hydrogen-bond acceptors (Lipinski definition) is 2. The summed E-state index contributed by atoms with van der Waals surface area (Å²) in [5.41, 5.74) is 0.679. The van der Waals surface area contributed by atoms with E-state index >= 15 is 0 Å². The molecule has 0 spiro atoms. The zero-order valence-electron chi connectivity index (χ0n) is 10.7. The number of amides is 2. The molecule has 0 aliphatic rings. The SMILES string of the molecule is CC(=O)NC(C)C(=O)NC(C)c1cccc(F)c1. The van der Waals surface area contributed by atoms with Gasteiger partial charge in [0.25, 0.3) is 0 Å². The Balaban J connectivity index is 2.62. The van der Waals surface area contributed by atoms with Crippen molar-refractivity contribution in [1.82, 2.24) is 10.6 Å². The monoisotopic (exact) mass is 252 g/mol. The van der Waals surface area contributed by atoms with E-state index in [1.165, 1.54) is 19.1 Å². The van der Waals surface area contributed by atoms with Gasteiger partial charge in [-0.1, -0.05) is 12.1 Å². The molecule has 1 rings (SSSR count). The summed E-state index contributed by atoms with van der Waals surface area (Å²) in [4.78, 5) is 22.5. The molecule has 98 valence electrons. The van der Waals surface area contributed by atoms with E-state index in [2.05, 4.69) is 10.6 Å². The minimum absolute atomic E-state index is 0.268. The molecular formula is C13H17FN2O2. The van der Waals surface area contributed by atoms with E-state index in [0.717, 1.165) is 0 Å². The fourth-order valence-electron chi connectivity index (χ4n) is 1.57. The predicted molar refractivity (Wildman–Crippen MR) is 66.2 cm³/mol. The lowest BCUT2D eigenvalue weighted by molar-refractivity contribution is -0.128. The number of benzene rings is 1. The molecule has 0 bridgehead atoms. The fraction of sp³-hybridized carbons (Fsp3) is 0.385. The number of rotatable bonds is 4. The van der Waals surface area contributed by atoms with Gasteiger partial charge in [-0.05, 0) is 31.5 Å². The van der Waals surface area contributed by atoms with Crippen LogP contribution in [0.15, 0.2) is 24.3 Å². The van der Waals surface area contributed by atoms with Crippen LogP contribution in [0.5, 0.6) is 0 Å². The van der Waals surface area contributed by atoms with Crippen LogP contribution in [0.25, 0.3) is 0 Å². The minimum atomic E-state index is -0.612. The molecule has 18 heavy (non-hydrogen) atoms. The Bertz CT molecular complexity index is 448. The van der Waals surface area contributed by atoms with Crippen LogP contribution in [0.4, 0.5) is 4.39 Å². The summed E-state index contributed by atoms with van der Waals surface area (Å²) in [6.45, 7) is 4.70. The molecule has 0 aliphatic carbocycles. The highest BCUT2D eigenvalue weighted by atomic mass is 19.1. The lowest BCUT2D eigenvalue weighted by Gasteiger charge is -2.18. The summed E-state index contributed by atoms with van der Waals surface area (Å²) >= 11 is 0. The Kier molecular flexibility index (Phi) is 4.83. The largest absolute Gasteiger partial charge is 0.348 e. The normalized spacial score (nSPS) is 13.6. The molecule has 2 N–H and O–H groups in total. The Hall–Kier alpha value is -1.91. The highest BCUT2D eigenvalue weighted by molar-refractivity contribution is 5.86. The third-order valence-corrected chi connectivity index (χ3v) is 2.52. The topological polar surface area (TPSA) is 58.2 Å². The summed E-state index contributed by atoms with van der Waals surface area (Å²) < 4.78 is 13.0. The lowest BCUT2D eigenvalue weighted by Crippen LogP contribution is -2.44. The van der Waals surface area contributed by atoms with Gasteiger partial charge in [0.1, 0.15) is 11.9 Å². The van der Waals surface area contributed by atoms with Crippen molar-refractivity contribution in [3.05, 3.63) is 35.6 Å². The first kappa shape index (κ1) is 14.2. The van der Waals surface area contributed by atoms with Gasteiger partial charge < -0.3 is 10.6 Å². The van der Waals surface area contributed by atoms with Crippen LogP contribution in [0.1, 0.15) is 32.4 Å². The Morgan fingerprint density at radius 3 is 2.44 bits per heavy atom. The average molecular weight is 252 g/mol. The van der Waals surface area contributed by atoms with Crippen molar-refractivity contribution in [2.75, 3.05) is 0 Å². The second kappa shape index (κ2) is 6.14. The smallest absolute Gasteiger partial charge is 0.242 e. The number of carbonyl (C=O) groups is 2. The molecule has 4 nitrogen and oxygen atoms in total. The van der Waals surface area contributed by atoms with E-state index in [1.807, 2.05) is 0 Å². The van der Waals surface area contributed by atoms with Crippen LogP contribution in [0.2, 0.25) is 0 Å². The van der Waals surface area contributed by atoms with Gasteiger partial charge in [-0.25, -0.2) is 4.39 Å². The van der Waals surface area contributed by atoms with Gasteiger partial charge in [-0.2, -0.15) is 0 Å². The van der Waals surface area contributed by atoms with Crippen molar-refractivity contribution in [1.29, 1.82) is 0 Å². The van der Waals surface area contributed by atoms with E-state index < -0.39 is 6.04 Å². The average Bonchev–Trinajstić information content (AvgIpc) is 2.27. The van der Waals surface area contributed by atoms with Crippen LogP contribution in [0, 0.1) is 5.82 Å². The van der Waals surface area contributed by atoms with Crippen molar-refractivity contribution in [2.45, 2.75) is 32.9 Å². The molecule has 0 radical (unpaired) electrons. The van der Waals surface area contributed by atoms with Crippen LogP contribution in [0.3, 0.4) is 0 Å².